The monoisotopic (exact) mass is 339 g/mol. The first-order chi connectivity index (χ1) is 8.97. The second kappa shape index (κ2) is 5.50. The minimum atomic E-state index is -0.518. The lowest BCUT2D eigenvalue weighted by atomic mass is 10.1. The van der Waals surface area contributed by atoms with Crippen molar-refractivity contribution in [1.82, 2.24) is 0 Å². The van der Waals surface area contributed by atoms with Gasteiger partial charge in [0.05, 0.1) is 22.0 Å². The molecule has 1 amide bonds. The Morgan fingerprint density at radius 3 is 2.58 bits per heavy atom. The number of anilines is 3. The summed E-state index contributed by atoms with van der Waals surface area (Å²) < 4.78 is 0.819. The molecule has 0 unspecified atom stereocenters. The van der Waals surface area contributed by atoms with Gasteiger partial charge in [0.1, 0.15) is 0 Å². The van der Waals surface area contributed by atoms with E-state index in [0.717, 1.165) is 4.47 Å². The molecule has 98 valence electrons. The fourth-order valence-electron chi connectivity index (χ4n) is 1.62. The summed E-state index contributed by atoms with van der Waals surface area (Å²) >= 11 is 9.41. The van der Waals surface area contributed by atoms with Crippen molar-refractivity contribution in [2.75, 3.05) is 11.1 Å². The van der Waals surface area contributed by atoms with Crippen molar-refractivity contribution in [1.29, 1.82) is 0 Å². The standard InChI is InChI=1S/C13H11BrClN3O/c14-7-1-3-9(13(17)19)11(5-7)18-12-6-8(16)2-4-10(12)15/h1-6,18H,16H2,(H2,17,19). The number of halogens is 2. The van der Waals surface area contributed by atoms with Crippen LogP contribution in [0.3, 0.4) is 0 Å². The molecule has 2 rings (SSSR count). The van der Waals surface area contributed by atoms with Gasteiger partial charge in [-0.05, 0) is 36.4 Å². The quantitative estimate of drug-likeness (QED) is 0.748. The molecule has 0 aliphatic heterocycles. The molecule has 0 fully saturated rings. The first-order valence-corrected chi connectivity index (χ1v) is 6.56. The fraction of sp³-hybridized carbons (Fsp3) is 0. The Morgan fingerprint density at radius 2 is 1.89 bits per heavy atom. The number of hydrogen-bond donors (Lipinski definition) is 3. The van der Waals surface area contributed by atoms with Gasteiger partial charge < -0.3 is 16.8 Å². The first kappa shape index (κ1) is 13.7. The second-order valence-corrected chi connectivity index (χ2v) is 5.24. The van der Waals surface area contributed by atoms with Crippen LogP contribution >= 0.6 is 27.5 Å². The van der Waals surface area contributed by atoms with Crippen LogP contribution in [-0.4, -0.2) is 5.91 Å². The zero-order valence-electron chi connectivity index (χ0n) is 9.78. The number of rotatable bonds is 3. The van der Waals surface area contributed by atoms with E-state index in [1.165, 1.54) is 0 Å². The number of carbonyl (C=O) groups is 1. The Balaban J connectivity index is 2.45. The zero-order chi connectivity index (χ0) is 14.0. The number of benzene rings is 2. The summed E-state index contributed by atoms with van der Waals surface area (Å²) in [7, 11) is 0. The predicted octanol–water partition coefficient (Wildman–Crippen LogP) is 3.53. The normalized spacial score (nSPS) is 10.2. The minimum absolute atomic E-state index is 0.377. The van der Waals surface area contributed by atoms with Gasteiger partial charge >= 0.3 is 0 Å². The van der Waals surface area contributed by atoms with Crippen LogP contribution in [0.1, 0.15) is 10.4 Å². The van der Waals surface area contributed by atoms with Crippen molar-refractivity contribution in [3.8, 4) is 0 Å². The summed E-state index contributed by atoms with van der Waals surface area (Å²) in [6, 6.07) is 10.2. The van der Waals surface area contributed by atoms with Crippen LogP contribution in [0.15, 0.2) is 40.9 Å². The van der Waals surface area contributed by atoms with Crippen LogP contribution in [0.5, 0.6) is 0 Å². The lowest BCUT2D eigenvalue weighted by Gasteiger charge is -2.12. The molecule has 6 heteroatoms. The molecule has 0 heterocycles. The van der Waals surface area contributed by atoms with Crippen molar-refractivity contribution in [2.45, 2.75) is 0 Å². The van der Waals surface area contributed by atoms with E-state index in [1.807, 2.05) is 0 Å². The molecule has 2 aromatic carbocycles. The van der Waals surface area contributed by atoms with E-state index < -0.39 is 5.91 Å². The van der Waals surface area contributed by atoms with Crippen LogP contribution in [0, 0.1) is 0 Å². The maximum atomic E-state index is 11.4. The van der Waals surface area contributed by atoms with Crippen LogP contribution in [0.25, 0.3) is 0 Å². The summed E-state index contributed by atoms with van der Waals surface area (Å²) in [6.45, 7) is 0. The molecule has 0 spiro atoms. The van der Waals surface area contributed by atoms with Gasteiger partial charge in [0.15, 0.2) is 0 Å². The fourth-order valence-corrected chi connectivity index (χ4v) is 2.14. The summed E-state index contributed by atoms with van der Waals surface area (Å²) in [6.07, 6.45) is 0. The molecule has 0 aliphatic carbocycles. The molecule has 19 heavy (non-hydrogen) atoms. The summed E-state index contributed by atoms with van der Waals surface area (Å²) in [5.41, 5.74) is 13.2. The number of carbonyl (C=O) groups excluding carboxylic acids is 1. The highest BCUT2D eigenvalue weighted by atomic mass is 79.9. The highest BCUT2D eigenvalue weighted by Crippen LogP contribution is 2.30. The highest BCUT2D eigenvalue weighted by Gasteiger charge is 2.10. The van der Waals surface area contributed by atoms with Crippen LogP contribution in [0.2, 0.25) is 5.02 Å². The molecule has 0 atom stereocenters. The maximum absolute atomic E-state index is 11.4. The van der Waals surface area contributed by atoms with Crippen molar-refractivity contribution < 1.29 is 4.79 Å². The Bertz CT molecular complexity index is 646. The average Bonchev–Trinajstić information content (AvgIpc) is 2.33. The molecular formula is C13H11BrClN3O. The Kier molecular flexibility index (Phi) is 3.97. The molecule has 0 radical (unpaired) electrons. The van der Waals surface area contributed by atoms with Gasteiger partial charge in [-0.3, -0.25) is 4.79 Å². The SMILES string of the molecule is NC(=O)c1ccc(Br)cc1Nc1cc(N)ccc1Cl. The van der Waals surface area contributed by atoms with E-state index in [-0.39, 0.29) is 0 Å². The molecule has 0 aromatic heterocycles. The van der Waals surface area contributed by atoms with Crippen molar-refractivity contribution in [3.05, 3.63) is 51.5 Å². The van der Waals surface area contributed by atoms with E-state index in [1.54, 1.807) is 36.4 Å². The topological polar surface area (TPSA) is 81.1 Å². The van der Waals surface area contributed by atoms with E-state index in [2.05, 4.69) is 21.2 Å². The summed E-state index contributed by atoms with van der Waals surface area (Å²) in [4.78, 5) is 11.4. The number of primary amides is 1. The maximum Gasteiger partial charge on any atom is 0.250 e. The summed E-state index contributed by atoms with van der Waals surface area (Å²) in [5, 5.41) is 3.57. The lowest BCUT2D eigenvalue weighted by molar-refractivity contribution is 0.100. The van der Waals surface area contributed by atoms with Gasteiger partial charge in [-0.25, -0.2) is 0 Å². The third kappa shape index (κ3) is 3.19. The number of nitrogens with one attached hydrogen (secondary N) is 1. The lowest BCUT2D eigenvalue weighted by Crippen LogP contribution is -2.13. The van der Waals surface area contributed by atoms with Gasteiger partial charge in [-0.1, -0.05) is 27.5 Å². The van der Waals surface area contributed by atoms with Gasteiger partial charge in [0.2, 0.25) is 0 Å². The van der Waals surface area contributed by atoms with Gasteiger partial charge in [-0.2, -0.15) is 0 Å². The smallest absolute Gasteiger partial charge is 0.250 e. The Labute approximate surface area is 123 Å². The molecule has 0 aliphatic rings. The second-order valence-electron chi connectivity index (χ2n) is 3.92. The Hall–Kier alpha value is -1.72. The highest BCUT2D eigenvalue weighted by molar-refractivity contribution is 9.10. The zero-order valence-corrected chi connectivity index (χ0v) is 12.1. The van der Waals surface area contributed by atoms with E-state index in [9.17, 15) is 4.79 Å². The van der Waals surface area contributed by atoms with Crippen molar-refractivity contribution in [2.24, 2.45) is 5.73 Å². The van der Waals surface area contributed by atoms with Crippen LogP contribution in [0.4, 0.5) is 17.1 Å². The number of amides is 1. The van der Waals surface area contributed by atoms with E-state index in [0.29, 0.717) is 27.6 Å². The number of nitrogens with two attached hydrogens (primary N) is 2. The predicted molar refractivity (Wildman–Crippen MR) is 81.8 cm³/mol. The molecule has 0 bridgehead atoms. The van der Waals surface area contributed by atoms with E-state index >= 15 is 0 Å². The molecule has 5 N–H and O–H groups in total. The molecule has 2 aromatic rings. The molecule has 4 nitrogen and oxygen atoms in total. The molecule has 0 saturated carbocycles. The van der Waals surface area contributed by atoms with Gasteiger partial charge in [0, 0.05) is 10.2 Å². The average molecular weight is 341 g/mol. The molecule has 0 saturated heterocycles. The summed E-state index contributed by atoms with van der Waals surface area (Å²) in [5.74, 6) is -0.518. The largest absolute Gasteiger partial charge is 0.399 e. The third-order valence-electron chi connectivity index (χ3n) is 2.51. The number of nitrogen functional groups attached to an aromatic ring is 1. The van der Waals surface area contributed by atoms with Crippen LogP contribution < -0.4 is 16.8 Å². The van der Waals surface area contributed by atoms with Crippen LogP contribution in [-0.2, 0) is 0 Å². The van der Waals surface area contributed by atoms with Gasteiger partial charge in [0.25, 0.3) is 5.91 Å². The van der Waals surface area contributed by atoms with Crippen molar-refractivity contribution in [3.63, 3.8) is 0 Å². The third-order valence-corrected chi connectivity index (χ3v) is 3.33. The first-order valence-electron chi connectivity index (χ1n) is 5.39. The molecular weight excluding hydrogens is 330 g/mol. The van der Waals surface area contributed by atoms with Crippen molar-refractivity contribution >= 4 is 50.5 Å². The minimum Gasteiger partial charge on any atom is -0.399 e. The van der Waals surface area contributed by atoms with E-state index in [4.69, 9.17) is 23.1 Å². The van der Waals surface area contributed by atoms with Gasteiger partial charge in [-0.15, -0.1) is 0 Å². The number of hydrogen-bond acceptors (Lipinski definition) is 3. The Morgan fingerprint density at radius 1 is 1.16 bits per heavy atom.